The molecule has 2 rings (SSSR count). The van der Waals surface area contributed by atoms with Gasteiger partial charge in [0.2, 0.25) is 0 Å². The highest BCUT2D eigenvalue weighted by Crippen LogP contribution is 2.32. The van der Waals surface area contributed by atoms with Crippen LogP contribution in [0.25, 0.3) is 0 Å². The van der Waals surface area contributed by atoms with E-state index < -0.39 is 0 Å². The Labute approximate surface area is 133 Å². The van der Waals surface area contributed by atoms with E-state index in [2.05, 4.69) is 52.8 Å². The van der Waals surface area contributed by atoms with Gasteiger partial charge in [0.25, 0.3) is 0 Å². The van der Waals surface area contributed by atoms with E-state index in [1.807, 2.05) is 30.0 Å². The third-order valence-electron chi connectivity index (χ3n) is 3.85. The molecule has 21 heavy (non-hydrogen) atoms. The van der Waals surface area contributed by atoms with Crippen molar-refractivity contribution >= 4 is 17.4 Å². The summed E-state index contributed by atoms with van der Waals surface area (Å²) in [6.07, 6.45) is 0. The summed E-state index contributed by atoms with van der Waals surface area (Å²) in [7, 11) is 0. The lowest BCUT2D eigenvalue weighted by atomic mass is 9.84. The second-order valence-corrected chi connectivity index (χ2v) is 7.68. The van der Waals surface area contributed by atoms with Crippen LogP contribution in [0.2, 0.25) is 0 Å². The molecular formula is C19H25NS. The minimum absolute atomic E-state index is 0.199. The average Bonchev–Trinajstić information content (AvgIpc) is 2.38. The second kappa shape index (κ2) is 6.15. The van der Waals surface area contributed by atoms with Crippen LogP contribution in [0.5, 0.6) is 0 Å². The molecule has 0 spiro atoms. The zero-order chi connectivity index (χ0) is 15.6. The van der Waals surface area contributed by atoms with Crippen molar-refractivity contribution in [2.45, 2.75) is 50.7 Å². The first kappa shape index (κ1) is 16.0. The number of aryl methyl sites for hydroxylation is 2. The molecule has 0 saturated carbocycles. The van der Waals surface area contributed by atoms with Gasteiger partial charge in [-0.05, 0) is 53.6 Å². The predicted octanol–water partition coefficient (Wildman–Crippen LogP) is 5.48. The van der Waals surface area contributed by atoms with E-state index in [1.165, 1.54) is 22.3 Å². The highest BCUT2D eigenvalue weighted by atomic mass is 32.2. The first-order chi connectivity index (χ1) is 9.79. The standard InChI is InChI=1S/C19H25NS/c1-13-10-15(19(3,4)5)11-14(2)16(13)12-21-18-9-7-6-8-17(18)20/h6-11H,12,20H2,1-5H3. The van der Waals surface area contributed by atoms with E-state index in [1.54, 1.807) is 0 Å². The minimum atomic E-state index is 0.199. The van der Waals surface area contributed by atoms with Crippen LogP contribution in [0.1, 0.15) is 43.0 Å². The van der Waals surface area contributed by atoms with Gasteiger partial charge in [-0.3, -0.25) is 0 Å². The van der Waals surface area contributed by atoms with Crippen LogP contribution in [0, 0.1) is 13.8 Å². The van der Waals surface area contributed by atoms with Gasteiger partial charge >= 0.3 is 0 Å². The fourth-order valence-corrected chi connectivity index (χ4v) is 3.58. The van der Waals surface area contributed by atoms with E-state index in [4.69, 9.17) is 5.73 Å². The lowest BCUT2D eigenvalue weighted by Gasteiger charge is -2.22. The Morgan fingerprint density at radius 3 is 2.10 bits per heavy atom. The number of nitrogen functional groups attached to an aromatic ring is 1. The van der Waals surface area contributed by atoms with Gasteiger partial charge in [0.15, 0.2) is 0 Å². The smallest absolute Gasteiger partial charge is 0.0452 e. The van der Waals surface area contributed by atoms with E-state index in [9.17, 15) is 0 Å². The van der Waals surface area contributed by atoms with Gasteiger partial charge in [-0.1, -0.05) is 45.0 Å². The van der Waals surface area contributed by atoms with Crippen molar-refractivity contribution in [3.63, 3.8) is 0 Å². The van der Waals surface area contributed by atoms with Gasteiger partial charge in [-0.2, -0.15) is 0 Å². The van der Waals surface area contributed by atoms with Crippen molar-refractivity contribution in [3.8, 4) is 0 Å². The molecule has 0 heterocycles. The SMILES string of the molecule is Cc1cc(C(C)(C)C)cc(C)c1CSc1ccccc1N. The molecule has 2 heteroatoms. The van der Waals surface area contributed by atoms with Crippen LogP contribution in [0.15, 0.2) is 41.3 Å². The monoisotopic (exact) mass is 299 g/mol. The lowest BCUT2D eigenvalue weighted by molar-refractivity contribution is 0.589. The Morgan fingerprint density at radius 1 is 1.00 bits per heavy atom. The Bertz CT molecular complexity index is 615. The van der Waals surface area contributed by atoms with Crippen LogP contribution in [0.3, 0.4) is 0 Å². The van der Waals surface area contributed by atoms with Crippen molar-refractivity contribution in [2.24, 2.45) is 0 Å². The molecule has 0 fully saturated rings. The Morgan fingerprint density at radius 2 is 1.57 bits per heavy atom. The summed E-state index contributed by atoms with van der Waals surface area (Å²) < 4.78 is 0. The molecule has 112 valence electrons. The number of benzene rings is 2. The van der Waals surface area contributed by atoms with Crippen LogP contribution in [0.4, 0.5) is 5.69 Å². The number of hydrogen-bond acceptors (Lipinski definition) is 2. The quantitative estimate of drug-likeness (QED) is 0.600. The maximum absolute atomic E-state index is 6.02. The molecule has 0 unspecified atom stereocenters. The molecule has 2 N–H and O–H groups in total. The lowest BCUT2D eigenvalue weighted by Crippen LogP contribution is -2.12. The second-order valence-electron chi connectivity index (χ2n) is 6.67. The predicted molar refractivity (Wildman–Crippen MR) is 95.0 cm³/mol. The van der Waals surface area contributed by atoms with Gasteiger partial charge in [-0.15, -0.1) is 11.8 Å². The number of para-hydroxylation sites is 1. The van der Waals surface area contributed by atoms with E-state index in [-0.39, 0.29) is 5.41 Å². The van der Waals surface area contributed by atoms with Crippen molar-refractivity contribution in [2.75, 3.05) is 5.73 Å². The molecule has 0 atom stereocenters. The highest BCUT2D eigenvalue weighted by molar-refractivity contribution is 7.98. The number of nitrogens with two attached hydrogens (primary N) is 1. The zero-order valence-corrected chi connectivity index (χ0v) is 14.5. The molecular weight excluding hydrogens is 274 g/mol. The summed E-state index contributed by atoms with van der Waals surface area (Å²) in [5.41, 5.74) is 12.7. The first-order valence-electron chi connectivity index (χ1n) is 7.37. The largest absolute Gasteiger partial charge is 0.398 e. The van der Waals surface area contributed by atoms with Gasteiger partial charge in [0, 0.05) is 16.3 Å². The maximum Gasteiger partial charge on any atom is 0.0452 e. The third kappa shape index (κ3) is 3.82. The average molecular weight is 299 g/mol. The number of rotatable bonds is 3. The zero-order valence-electron chi connectivity index (χ0n) is 13.7. The molecule has 1 nitrogen and oxygen atoms in total. The molecule has 0 aliphatic heterocycles. The molecule has 2 aromatic rings. The fraction of sp³-hybridized carbons (Fsp3) is 0.368. The van der Waals surface area contributed by atoms with Crippen molar-refractivity contribution in [3.05, 3.63) is 58.7 Å². The summed E-state index contributed by atoms with van der Waals surface area (Å²) in [5, 5.41) is 0. The normalized spacial score (nSPS) is 11.7. The van der Waals surface area contributed by atoms with E-state index in [0.717, 1.165) is 16.3 Å². The molecule has 0 radical (unpaired) electrons. The van der Waals surface area contributed by atoms with Crippen LogP contribution in [-0.2, 0) is 11.2 Å². The topological polar surface area (TPSA) is 26.0 Å². The van der Waals surface area contributed by atoms with Crippen LogP contribution >= 0.6 is 11.8 Å². The van der Waals surface area contributed by atoms with Crippen molar-refractivity contribution < 1.29 is 0 Å². The molecule has 0 aromatic heterocycles. The number of anilines is 1. The molecule has 2 aromatic carbocycles. The third-order valence-corrected chi connectivity index (χ3v) is 4.97. The molecule has 0 aliphatic rings. The van der Waals surface area contributed by atoms with E-state index >= 15 is 0 Å². The number of thioether (sulfide) groups is 1. The summed E-state index contributed by atoms with van der Waals surface area (Å²) >= 11 is 1.82. The van der Waals surface area contributed by atoms with Crippen molar-refractivity contribution in [1.82, 2.24) is 0 Å². The Kier molecular flexibility index (Phi) is 4.67. The van der Waals surface area contributed by atoms with Gasteiger partial charge in [-0.25, -0.2) is 0 Å². The minimum Gasteiger partial charge on any atom is -0.398 e. The van der Waals surface area contributed by atoms with Crippen molar-refractivity contribution in [1.29, 1.82) is 0 Å². The first-order valence-corrected chi connectivity index (χ1v) is 8.35. The molecule has 0 saturated heterocycles. The fourth-order valence-electron chi connectivity index (χ4n) is 2.42. The molecule has 0 aliphatic carbocycles. The summed E-state index contributed by atoms with van der Waals surface area (Å²) in [4.78, 5) is 1.16. The highest BCUT2D eigenvalue weighted by Gasteiger charge is 2.16. The summed E-state index contributed by atoms with van der Waals surface area (Å²) in [6, 6.07) is 12.7. The molecule has 0 amide bonds. The van der Waals surface area contributed by atoms with E-state index in [0.29, 0.717) is 0 Å². The maximum atomic E-state index is 6.02. The Hall–Kier alpha value is -1.41. The van der Waals surface area contributed by atoms with Crippen LogP contribution in [-0.4, -0.2) is 0 Å². The van der Waals surface area contributed by atoms with Gasteiger partial charge < -0.3 is 5.73 Å². The van der Waals surface area contributed by atoms with Gasteiger partial charge in [0.1, 0.15) is 0 Å². The molecule has 0 bridgehead atoms. The summed E-state index contributed by atoms with van der Waals surface area (Å²) in [6.45, 7) is 11.2. The number of hydrogen-bond donors (Lipinski definition) is 1. The van der Waals surface area contributed by atoms with Gasteiger partial charge in [0.05, 0.1) is 0 Å². The Balaban J connectivity index is 2.24. The van der Waals surface area contributed by atoms with Crippen LogP contribution < -0.4 is 5.73 Å². The summed E-state index contributed by atoms with van der Waals surface area (Å²) in [5.74, 6) is 0.969.